The molecule has 5 nitrogen and oxygen atoms in total. The molecular formula is C16H31N3O2. The highest BCUT2D eigenvalue weighted by Crippen LogP contribution is 2.15. The summed E-state index contributed by atoms with van der Waals surface area (Å²) in [5.74, 6) is 0.333. The van der Waals surface area contributed by atoms with Gasteiger partial charge in [-0.2, -0.15) is 0 Å². The van der Waals surface area contributed by atoms with E-state index in [1.54, 1.807) is 0 Å². The van der Waals surface area contributed by atoms with Crippen molar-refractivity contribution in [3.8, 4) is 0 Å². The van der Waals surface area contributed by atoms with Crippen molar-refractivity contribution in [1.82, 2.24) is 9.80 Å². The molecule has 2 saturated heterocycles. The first-order valence-electron chi connectivity index (χ1n) is 8.61. The average Bonchev–Trinajstić information content (AvgIpc) is 3.00. The smallest absolute Gasteiger partial charge is 0.222 e. The molecule has 2 fully saturated rings. The molecule has 122 valence electrons. The number of carbonyl (C=O) groups is 1. The molecule has 0 aliphatic carbocycles. The van der Waals surface area contributed by atoms with Crippen LogP contribution in [-0.4, -0.2) is 67.7 Å². The number of hydrogen-bond donors (Lipinski definition) is 1. The fraction of sp³-hybridized carbons (Fsp3) is 0.938. The molecule has 2 rings (SSSR count). The lowest BCUT2D eigenvalue weighted by Gasteiger charge is -2.35. The predicted octanol–water partition coefficient (Wildman–Crippen LogP) is 1.22. The van der Waals surface area contributed by atoms with Gasteiger partial charge in [-0.1, -0.05) is 12.8 Å². The molecule has 21 heavy (non-hydrogen) atoms. The molecule has 0 radical (unpaired) electrons. The second-order valence-electron chi connectivity index (χ2n) is 6.27. The van der Waals surface area contributed by atoms with Gasteiger partial charge in [0.15, 0.2) is 0 Å². The minimum atomic E-state index is 0.333. The Morgan fingerprint density at radius 2 is 1.86 bits per heavy atom. The fourth-order valence-corrected chi connectivity index (χ4v) is 3.19. The molecule has 2 N–H and O–H groups in total. The van der Waals surface area contributed by atoms with Crippen LogP contribution in [-0.2, 0) is 9.53 Å². The molecular weight excluding hydrogens is 266 g/mol. The van der Waals surface area contributed by atoms with Crippen LogP contribution in [0.2, 0.25) is 0 Å². The normalized spacial score (nSPS) is 23.7. The molecule has 2 heterocycles. The van der Waals surface area contributed by atoms with E-state index in [0.29, 0.717) is 18.4 Å². The second kappa shape index (κ2) is 9.38. The van der Waals surface area contributed by atoms with E-state index in [0.717, 1.165) is 71.6 Å². The van der Waals surface area contributed by atoms with Gasteiger partial charge in [-0.05, 0) is 32.2 Å². The van der Waals surface area contributed by atoms with E-state index in [1.807, 2.05) is 4.90 Å². The van der Waals surface area contributed by atoms with Crippen molar-refractivity contribution >= 4 is 5.91 Å². The molecule has 1 amide bonds. The van der Waals surface area contributed by atoms with Crippen molar-refractivity contribution in [2.24, 2.45) is 5.73 Å². The molecule has 2 aliphatic rings. The maximum Gasteiger partial charge on any atom is 0.222 e. The third-order valence-corrected chi connectivity index (χ3v) is 4.56. The highest BCUT2D eigenvalue weighted by molar-refractivity contribution is 5.76. The summed E-state index contributed by atoms with van der Waals surface area (Å²) in [5, 5.41) is 0. The number of rotatable bonds is 8. The van der Waals surface area contributed by atoms with Crippen molar-refractivity contribution in [2.75, 3.05) is 45.9 Å². The van der Waals surface area contributed by atoms with Crippen LogP contribution in [0.25, 0.3) is 0 Å². The Morgan fingerprint density at radius 3 is 2.52 bits per heavy atom. The summed E-state index contributed by atoms with van der Waals surface area (Å²) in [6.45, 7) is 6.50. The van der Waals surface area contributed by atoms with E-state index in [-0.39, 0.29) is 0 Å². The molecule has 0 aromatic rings. The standard InChI is InChI=1S/C16H31N3O2/c17-8-4-2-1-3-7-16(20)19-11-9-18(10-12-19)14-15-6-5-13-21-15/h15H,1-14,17H2. The number of carbonyl (C=O) groups excluding carboxylic acids is 1. The Balaban J connectivity index is 1.56. The number of ether oxygens (including phenoxy) is 1. The van der Waals surface area contributed by atoms with Crippen LogP contribution in [0, 0.1) is 0 Å². The van der Waals surface area contributed by atoms with E-state index < -0.39 is 0 Å². The summed E-state index contributed by atoms with van der Waals surface area (Å²) in [4.78, 5) is 16.6. The predicted molar refractivity (Wildman–Crippen MR) is 84.1 cm³/mol. The molecule has 0 bridgehead atoms. The topological polar surface area (TPSA) is 58.8 Å². The molecule has 0 spiro atoms. The van der Waals surface area contributed by atoms with Crippen LogP contribution in [0.5, 0.6) is 0 Å². The van der Waals surface area contributed by atoms with E-state index in [4.69, 9.17) is 10.5 Å². The summed E-state index contributed by atoms with van der Waals surface area (Å²) < 4.78 is 5.68. The van der Waals surface area contributed by atoms with E-state index in [2.05, 4.69) is 4.90 Å². The Hall–Kier alpha value is -0.650. The summed E-state index contributed by atoms with van der Waals surface area (Å²) in [6, 6.07) is 0. The third kappa shape index (κ3) is 5.93. The van der Waals surface area contributed by atoms with E-state index >= 15 is 0 Å². The highest BCUT2D eigenvalue weighted by Gasteiger charge is 2.24. The molecule has 0 aromatic heterocycles. The zero-order valence-electron chi connectivity index (χ0n) is 13.3. The fourth-order valence-electron chi connectivity index (χ4n) is 3.19. The van der Waals surface area contributed by atoms with E-state index in [9.17, 15) is 4.79 Å². The van der Waals surface area contributed by atoms with Gasteiger partial charge in [0.25, 0.3) is 0 Å². The maximum absolute atomic E-state index is 12.1. The quantitative estimate of drug-likeness (QED) is 0.684. The summed E-state index contributed by atoms with van der Waals surface area (Å²) in [6.07, 6.45) is 7.90. The van der Waals surface area contributed by atoms with Gasteiger partial charge in [0.05, 0.1) is 6.10 Å². The van der Waals surface area contributed by atoms with Crippen molar-refractivity contribution in [3.63, 3.8) is 0 Å². The van der Waals surface area contributed by atoms with E-state index in [1.165, 1.54) is 12.8 Å². The summed E-state index contributed by atoms with van der Waals surface area (Å²) >= 11 is 0. The SMILES string of the molecule is NCCCCCCC(=O)N1CCN(CC2CCCO2)CC1. The van der Waals surface area contributed by atoms with Gasteiger partial charge in [0.2, 0.25) is 5.91 Å². The van der Waals surface area contributed by atoms with Crippen LogP contribution in [0.15, 0.2) is 0 Å². The molecule has 1 atom stereocenters. The van der Waals surface area contributed by atoms with Gasteiger partial charge in [-0.15, -0.1) is 0 Å². The maximum atomic E-state index is 12.1. The lowest BCUT2D eigenvalue weighted by Crippen LogP contribution is -2.50. The van der Waals surface area contributed by atoms with Crippen LogP contribution in [0.4, 0.5) is 0 Å². The zero-order chi connectivity index (χ0) is 14.9. The minimum absolute atomic E-state index is 0.333. The van der Waals surface area contributed by atoms with Crippen LogP contribution in [0.1, 0.15) is 44.9 Å². The van der Waals surface area contributed by atoms with Crippen molar-refractivity contribution in [2.45, 2.75) is 51.0 Å². The number of piperazine rings is 1. The van der Waals surface area contributed by atoms with Crippen molar-refractivity contribution in [1.29, 1.82) is 0 Å². The Bertz CT molecular complexity index is 298. The van der Waals surface area contributed by atoms with Crippen molar-refractivity contribution in [3.05, 3.63) is 0 Å². The Kier molecular flexibility index (Phi) is 7.47. The number of amides is 1. The van der Waals surface area contributed by atoms with Gasteiger partial charge in [0.1, 0.15) is 0 Å². The van der Waals surface area contributed by atoms with Gasteiger partial charge < -0.3 is 15.4 Å². The van der Waals surface area contributed by atoms with Crippen LogP contribution in [0.3, 0.4) is 0 Å². The highest BCUT2D eigenvalue weighted by atomic mass is 16.5. The number of unbranched alkanes of at least 4 members (excludes halogenated alkanes) is 3. The summed E-state index contributed by atoms with van der Waals surface area (Å²) in [5.41, 5.74) is 5.47. The Labute approximate surface area is 128 Å². The monoisotopic (exact) mass is 297 g/mol. The average molecular weight is 297 g/mol. The lowest BCUT2D eigenvalue weighted by atomic mass is 10.1. The van der Waals surface area contributed by atoms with Gasteiger partial charge in [-0.3, -0.25) is 9.69 Å². The number of nitrogens with two attached hydrogens (primary N) is 1. The molecule has 2 aliphatic heterocycles. The van der Waals surface area contributed by atoms with Crippen LogP contribution < -0.4 is 5.73 Å². The number of hydrogen-bond acceptors (Lipinski definition) is 4. The Morgan fingerprint density at radius 1 is 1.10 bits per heavy atom. The lowest BCUT2D eigenvalue weighted by molar-refractivity contribution is -0.133. The first kappa shape index (κ1) is 16.7. The largest absolute Gasteiger partial charge is 0.377 e. The zero-order valence-corrected chi connectivity index (χ0v) is 13.3. The van der Waals surface area contributed by atoms with Crippen molar-refractivity contribution < 1.29 is 9.53 Å². The first-order valence-corrected chi connectivity index (χ1v) is 8.61. The van der Waals surface area contributed by atoms with Gasteiger partial charge >= 0.3 is 0 Å². The van der Waals surface area contributed by atoms with Gasteiger partial charge in [0, 0.05) is 45.8 Å². The molecule has 5 heteroatoms. The molecule has 1 unspecified atom stereocenters. The molecule has 0 aromatic carbocycles. The number of nitrogens with zero attached hydrogens (tertiary/aromatic N) is 2. The second-order valence-corrected chi connectivity index (χ2v) is 6.27. The minimum Gasteiger partial charge on any atom is -0.377 e. The first-order chi connectivity index (χ1) is 10.3. The van der Waals surface area contributed by atoms with Gasteiger partial charge in [-0.25, -0.2) is 0 Å². The third-order valence-electron chi connectivity index (χ3n) is 4.56. The molecule has 0 saturated carbocycles. The van der Waals surface area contributed by atoms with Crippen LogP contribution >= 0.6 is 0 Å². The summed E-state index contributed by atoms with van der Waals surface area (Å²) in [7, 11) is 0.